The van der Waals surface area contributed by atoms with Crippen LogP contribution in [0.4, 0.5) is 0 Å². The smallest absolute Gasteiger partial charge is 0.0267 e. The molecule has 0 spiro atoms. The fourth-order valence-corrected chi connectivity index (χ4v) is 1.63. The highest BCUT2D eigenvalue weighted by Crippen LogP contribution is 2.16. The minimum Gasteiger partial charge on any atom is -0.387 e. The van der Waals surface area contributed by atoms with Crippen molar-refractivity contribution in [1.82, 2.24) is 5.32 Å². The number of rotatable bonds is 6. The lowest BCUT2D eigenvalue weighted by atomic mass is 9.99. The van der Waals surface area contributed by atoms with E-state index in [0.29, 0.717) is 12.5 Å². The van der Waals surface area contributed by atoms with Gasteiger partial charge in [0.2, 0.25) is 0 Å². The summed E-state index contributed by atoms with van der Waals surface area (Å²) in [5, 5.41) is 3.41. The lowest BCUT2D eigenvalue weighted by molar-refractivity contribution is 0.547. The van der Waals surface area contributed by atoms with Crippen molar-refractivity contribution in [3.05, 3.63) is 11.3 Å². The van der Waals surface area contributed by atoms with Gasteiger partial charge in [-0.3, -0.25) is 0 Å². The molecule has 2 nitrogen and oxygen atoms in total. The molecule has 2 heteroatoms. The van der Waals surface area contributed by atoms with Crippen LogP contribution in [-0.2, 0) is 0 Å². The first-order valence-electron chi connectivity index (χ1n) is 5.24. The van der Waals surface area contributed by atoms with Crippen molar-refractivity contribution in [2.45, 2.75) is 40.5 Å². The third-order valence-corrected chi connectivity index (χ3v) is 2.21. The van der Waals surface area contributed by atoms with Crippen LogP contribution in [0.5, 0.6) is 0 Å². The van der Waals surface area contributed by atoms with E-state index in [4.69, 9.17) is 5.73 Å². The van der Waals surface area contributed by atoms with Crippen LogP contribution >= 0.6 is 0 Å². The maximum atomic E-state index is 5.47. The number of allylic oxidation sites excluding steroid dienone is 2. The summed E-state index contributed by atoms with van der Waals surface area (Å²) in [4.78, 5) is 0. The first-order chi connectivity index (χ1) is 6.13. The molecule has 3 N–H and O–H groups in total. The molecule has 0 heterocycles. The van der Waals surface area contributed by atoms with E-state index in [9.17, 15) is 0 Å². The SMILES string of the molecule is CCC[C@@H](C)C(NCCN)=C(C)C. The minimum atomic E-state index is 0.640. The molecule has 0 aromatic rings. The molecule has 0 aromatic heterocycles. The molecule has 1 atom stereocenters. The lowest BCUT2D eigenvalue weighted by Crippen LogP contribution is -2.26. The number of hydrogen-bond acceptors (Lipinski definition) is 2. The van der Waals surface area contributed by atoms with Gasteiger partial charge >= 0.3 is 0 Å². The van der Waals surface area contributed by atoms with Gasteiger partial charge in [-0.15, -0.1) is 0 Å². The zero-order chi connectivity index (χ0) is 10.3. The predicted molar refractivity (Wildman–Crippen MR) is 59.5 cm³/mol. The summed E-state index contributed by atoms with van der Waals surface area (Å²) in [6, 6.07) is 0. The van der Waals surface area contributed by atoms with Crippen molar-refractivity contribution in [1.29, 1.82) is 0 Å². The average Bonchev–Trinajstić information content (AvgIpc) is 2.05. The van der Waals surface area contributed by atoms with E-state index in [0.717, 1.165) is 6.54 Å². The Labute approximate surface area is 82.6 Å². The summed E-state index contributed by atoms with van der Waals surface area (Å²) in [7, 11) is 0. The Morgan fingerprint density at radius 2 is 2.00 bits per heavy atom. The van der Waals surface area contributed by atoms with Crippen LogP contribution in [0, 0.1) is 5.92 Å². The van der Waals surface area contributed by atoms with Gasteiger partial charge in [0.25, 0.3) is 0 Å². The van der Waals surface area contributed by atoms with E-state index < -0.39 is 0 Å². The van der Waals surface area contributed by atoms with Crippen molar-refractivity contribution >= 4 is 0 Å². The van der Waals surface area contributed by atoms with Crippen molar-refractivity contribution in [2.75, 3.05) is 13.1 Å². The Balaban J connectivity index is 4.17. The summed E-state index contributed by atoms with van der Waals surface area (Å²) in [6.07, 6.45) is 2.49. The summed E-state index contributed by atoms with van der Waals surface area (Å²) in [5.41, 5.74) is 8.23. The molecule has 0 saturated carbocycles. The molecule has 0 rings (SSSR count). The van der Waals surface area contributed by atoms with E-state index >= 15 is 0 Å². The van der Waals surface area contributed by atoms with Gasteiger partial charge in [-0.25, -0.2) is 0 Å². The highest BCUT2D eigenvalue weighted by molar-refractivity contribution is 5.10. The number of nitrogens with one attached hydrogen (secondary N) is 1. The van der Waals surface area contributed by atoms with Crippen LogP contribution in [0.2, 0.25) is 0 Å². The molecule has 78 valence electrons. The van der Waals surface area contributed by atoms with Crippen molar-refractivity contribution < 1.29 is 0 Å². The molecule has 0 aliphatic rings. The zero-order valence-electron chi connectivity index (χ0n) is 9.48. The van der Waals surface area contributed by atoms with Crippen molar-refractivity contribution in [2.24, 2.45) is 11.7 Å². The minimum absolute atomic E-state index is 0.640. The van der Waals surface area contributed by atoms with Crippen molar-refractivity contribution in [3.63, 3.8) is 0 Å². The lowest BCUT2D eigenvalue weighted by Gasteiger charge is -2.19. The topological polar surface area (TPSA) is 38.0 Å². The second-order valence-electron chi connectivity index (χ2n) is 3.82. The monoisotopic (exact) mass is 184 g/mol. The Morgan fingerprint density at radius 3 is 2.38 bits per heavy atom. The molecule has 0 aliphatic heterocycles. The summed E-state index contributed by atoms with van der Waals surface area (Å²) in [6.45, 7) is 10.4. The van der Waals surface area contributed by atoms with Gasteiger partial charge in [0.1, 0.15) is 0 Å². The van der Waals surface area contributed by atoms with Gasteiger partial charge in [0, 0.05) is 18.8 Å². The van der Waals surface area contributed by atoms with Gasteiger partial charge in [-0.2, -0.15) is 0 Å². The Bertz CT molecular complexity index is 157. The van der Waals surface area contributed by atoms with Gasteiger partial charge in [0.15, 0.2) is 0 Å². The van der Waals surface area contributed by atoms with Crippen LogP contribution in [0.3, 0.4) is 0 Å². The highest BCUT2D eigenvalue weighted by Gasteiger charge is 2.08. The average molecular weight is 184 g/mol. The zero-order valence-corrected chi connectivity index (χ0v) is 9.48. The van der Waals surface area contributed by atoms with Crippen LogP contribution in [0.15, 0.2) is 11.3 Å². The highest BCUT2D eigenvalue weighted by atomic mass is 14.9. The Hall–Kier alpha value is -0.500. The second kappa shape index (κ2) is 6.96. The molecule has 0 amide bonds. The molecular weight excluding hydrogens is 160 g/mol. The van der Waals surface area contributed by atoms with E-state index in [1.807, 2.05) is 0 Å². The molecule has 0 bridgehead atoms. The maximum absolute atomic E-state index is 5.47. The molecule has 0 unspecified atom stereocenters. The molecular formula is C11H24N2. The summed E-state index contributed by atoms with van der Waals surface area (Å²) in [5.74, 6) is 0.640. The molecule has 0 radical (unpaired) electrons. The van der Waals surface area contributed by atoms with Crippen LogP contribution in [0.1, 0.15) is 40.5 Å². The van der Waals surface area contributed by atoms with Crippen LogP contribution in [-0.4, -0.2) is 13.1 Å². The van der Waals surface area contributed by atoms with Crippen LogP contribution in [0.25, 0.3) is 0 Å². The van der Waals surface area contributed by atoms with E-state index in [1.165, 1.54) is 24.1 Å². The predicted octanol–water partition coefficient (Wildman–Crippen LogP) is 2.26. The molecule has 0 aliphatic carbocycles. The molecule has 13 heavy (non-hydrogen) atoms. The van der Waals surface area contributed by atoms with E-state index in [-0.39, 0.29) is 0 Å². The maximum Gasteiger partial charge on any atom is 0.0267 e. The quantitative estimate of drug-likeness (QED) is 0.664. The van der Waals surface area contributed by atoms with Gasteiger partial charge in [-0.05, 0) is 26.2 Å². The van der Waals surface area contributed by atoms with Crippen molar-refractivity contribution in [3.8, 4) is 0 Å². The second-order valence-corrected chi connectivity index (χ2v) is 3.82. The van der Waals surface area contributed by atoms with Crippen LogP contribution < -0.4 is 11.1 Å². The fraction of sp³-hybridized carbons (Fsp3) is 0.818. The van der Waals surface area contributed by atoms with Gasteiger partial charge in [-0.1, -0.05) is 25.8 Å². The fourth-order valence-electron chi connectivity index (χ4n) is 1.63. The third kappa shape index (κ3) is 4.94. The van der Waals surface area contributed by atoms with Gasteiger partial charge in [0.05, 0.1) is 0 Å². The molecule has 0 fully saturated rings. The largest absolute Gasteiger partial charge is 0.387 e. The molecule has 0 saturated heterocycles. The Morgan fingerprint density at radius 1 is 1.38 bits per heavy atom. The standard InChI is InChI=1S/C11H24N2/c1-5-6-10(4)11(9(2)3)13-8-7-12/h10,13H,5-8,12H2,1-4H3/t10-/m1/s1. The number of hydrogen-bond donors (Lipinski definition) is 2. The van der Waals surface area contributed by atoms with E-state index in [1.54, 1.807) is 0 Å². The first kappa shape index (κ1) is 12.5. The normalized spacial score (nSPS) is 12.4. The third-order valence-electron chi connectivity index (χ3n) is 2.21. The Kier molecular flexibility index (Phi) is 6.69. The van der Waals surface area contributed by atoms with E-state index in [2.05, 4.69) is 33.0 Å². The summed E-state index contributed by atoms with van der Waals surface area (Å²) >= 11 is 0. The van der Waals surface area contributed by atoms with Gasteiger partial charge < -0.3 is 11.1 Å². The number of nitrogens with two attached hydrogens (primary N) is 1. The first-order valence-corrected chi connectivity index (χ1v) is 5.24. The molecule has 0 aromatic carbocycles. The summed E-state index contributed by atoms with van der Waals surface area (Å²) < 4.78 is 0.